The normalized spacial score (nSPS) is 31.2. The molecule has 78 valence electrons. The molecular weight excluding hydrogens is 183 g/mol. The smallest absolute Gasteiger partial charge is 0.388 e. The van der Waals surface area contributed by atoms with Crippen molar-refractivity contribution in [2.75, 3.05) is 20.1 Å². The first-order valence-electron chi connectivity index (χ1n) is 4.28. The zero-order valence-corrected chi connectivity index (χ0v) is 7.56. The van der Waals surface area contributed by atoms with Gasteiger partial charge in [-0.1, -0.05) is 0 Å². The van der Waals surface area contributed by atoms with Gasteiger partial charge in [0.25, 0.3) is 0 Å². The number of aliphatic hydroxyl groups is 1. The third kappa shape index (κ3) is 3.52. The number of likely N-dealkylation sites (tertiary alicyclic amines) is 1. The number of nitrogens with zero attached hydrogens (tertiary/aromatic N) is 1. The second kappa shape index (κ2) is 3.46. The molecule has 0 aromatic carbocycles. The molecule has 1 fully saturated rings. The van der Waals surface area contributed by atoms with Crippen LogP contribution in [0.4, 0.5) is 13.2 Å². The van der Waals surface area contributed by atoms with Gasteiger partial charge in [-0.2, -0.15) is 13.2 Å². The molecule has 1 atom stereocenters. The molecule has 0 radical (unpaired) electrons. The van der Waals surface area contributed by atoms with Crippen LogP contribution in [0.5, 0.6) is 0 Å². The van der Waals surface area contributed by atoms with Crippen LogP contribution in [0.3, 0.4) is 0 Å². The Bertz CT molecular complexity index is 183. The lowest BCUT2D eigenvalue weighted by atomic mass is 9.97. The van der Waals surface area contributed by atoms with E-state index in [1.807, 2.05) is 4.90 Å². The molecule has 0 aliphatic carbocycles. The lowest BCUT2D eigenvalue weighted by Crippen LogP contribution is -2.33. The van der Waals surface area contributed by atoms with Crippen molar-refractivity contribution in [3.8, 4) is 0 Å². The summed E-state index contributed by atoms with van der Waals surface area (Å²) in [6.45, 7) is 1.03. The first-order chi connectivity index (χ1) is 5.81. The van der Waals surface area contributed by atoms with Crippen molar-refractivity contribution in [2.24, 2.45) is 0 Å². The van der Waals surface area contributed by atoms with Crippen molar-refractivity contribution in [1.29, 1.82) is 0 Å². The highest BCUT2D eigenvalue weighted by Crippen LogP contribution is 2.30. The summed E-state index contributed by atoms with van der Waals surface area (Å²) in [5.41, 5.74) is -1.12. The lowest BCUT2D eigenvalue weighted by molar-refractivity contribution is -0.145. The highest BCUT2D eigenvalue weighted by Gasteiger charge is 2.38. The van der Waals surface area contributed by atoms with E-state index in [0.29, 0.717) is 19.5 Å². The maximum Gasteiger partial charge on any atom is 0.389 e. The van der Waals surface area contributed by atoms with Gasteiger partial charge in [-0.05, 0) is 19.9 Å². The van der Waals surface area contributed by atoms with Crippen LogP contribution in [-0.2, 0) is 0 Å². The van der Waals surface area contributed by atoms with E-state index in [1.54, 1.807) is 7.05 Å². The minimum absolute atomic E-state index is 0.180. The zero-order chi connectivity index (χ0) is 10.1. The first-order valence-corrected chi connectivity index (χ1v) is 4.28. The number of alkyl halides is 3. The molecule has 1 saturated heterocycles. The number of likely N-dealkylation sites (N-methyl/N-ethyl adjacent to an activating group) is 1. The average molecular weight is 197 g/mol. The lowest BCUT2D eigenvalue weighted by Gasteiger charge is -2.22. The fourth-order valence-electron chi connectivity index (χ4n) is 1.64. The molecule has 2 nitrogen and oxygen atoms in total. The molecule has 1 aliphatic heterocycles. The molecule has 1 unspecified atom stereocenters. The van der Waals surface area contributed by atoms with Gasteiger partial charge in [0.05, 0.1) is 5.60 Å². The first kappa shape index (κ1) is 10.8. The maximum absolute atomic E-state index is 11.9. The van der Waals surface area contributed by atoms with Gasteiger partial charge in [0.15, 0.2) is 0 Å². The quantitative estimate of drug-likeness (QED) is 0.723. The molecule has 1 aliphatic rings. The summed E-state index contributed by atoms with van der Waals surface area (Å²) in [6, 6.07) is 0. The number of rotatable bonds is 2. The third-order valence-corrected chi connectivity index (χ3v) is 2.40. The van der Waals surface area contributed by atoms with Gasteiger partial charge in [-0.25, -0.2) is 0 Å². The molecule has 0 bridgehead atoms. The average Bonchev–Trinajstić information content (AvgIpc) is 2.27. The Morgan fingerprint density at radius 3 is 2.46 bits per heavy atom. The van der Waals surface area contributed by atoms with E-state index in [1.165, 1.54) is 0 Å². The highest BCUT2D eigenvalue weighted by molar-refractivity contribution is 4.88. The van der Waals surface area contributed by atoms with Gasteiger partial charge in [0.2, 0.25) is 0 Å². The molecule has 0 aromatic rings. The summed E-state index contributed by atoms with van der Waals surface area (Å²) in [7, 11) is 1.80. The van der Waals surface area contributed by atoms with Crippen LogP contribution >= 0.6 is 0 Å². The minimum Gasteiger partial charge on any atom is -0.388 e. The van der Waals surface area contributed by atoms with Crippen LogP contribution < -0.4 is 0 Å². The van der Waals surface area contributed by atoms with Crippen LogP contribution in [0.2, 0.25) is 0 Å². The monoisotopic (exact) mass is 197 g/mol. The molecule has 0 saturated carbocycles. The van der Waals surface area contributed by atoms with Gasteiger partial charge in [0, 0.05) is 19.5 Å². The fraction of sp³-hybridized carbons (Fsp3) is 1.00. The van der Waals surface area contributed by atoms with Crippen LogP contribution in [0.15, 0.2) is 0 Å². The van der Waals surface area contributed by atoms with Gasteiger partial charge < -0.3 is 10.0 Å². The summed E-state index contributed by atoms with van der Waals surface area (Å²) in [5, 5.41) is 9.68. The number of hydrogen-bond donors (Lipinski definition) is 1. The van der Waals surface area contributed by atoms with E-state index in [0.717, 1.165) is 0 Å². The molecule has 1 heterocycles. The Morgan fingerprint density at radius 1 is 1.46 bits per heavy atom. The Balaban J connectivity index is 2.36. The highest BCUT2D eigenvalue weighted by atomic mass is 19.4. The predicted octanol–water partition coefficient (Wildman–Crippen LogP) is 1.40. The summed E-state index contributed by atoms with van der Waals surface area (Å²) >= 11 is 0. The second-order valence-corrected chi connectivity index (χ2v) is 3.83. The van der Waals surface area contributed by atoms with Crippen molar-refractivity contribution in [1.82, 2.24) is 4.90 Å². The summed E-state index contributed by atoms with van der Waals surface area (Å²) in [4.78, 5) is 1.84. The van der Waals surface area contributed by atoms with E-state index in [4.69, 9.17) is 0 Å². The molecule has 13 heavy (non-hydrogen) atoms. The van der Waals surface area contributed by atoms with Crippen molar-refractivity contribution in [3.63, 3.8) is 0 Å². The van der Waals surface area contributed by atoms with Crippen LogP contribution in [0, 0.1) is 0 Å². The predicted molar refractivity (Wildman–Crippen MR) is 42.4 cm³/mol. The van der Waals surface area contributed by atoms with E-state index >= 15 is 0 Å². The van der Waals surface area contributed by atoms with Gasteiger partial charge in [-0.3, -0.25) is 0 Å². The summed E-state index contributed by atoms with van der Waals surface area (Å²) in [5.74, 6) is 0. The van der Waals surface area contributed by atoms with Crippen molar-refractivity contribution in [3.05, 3.63) is 0 Å². The van der Waals surface area contributed by atoms with Crippen LogP contribution in [0.25, 0.3) is 0 Å². The van der Waals surface area contributed by atoms with Gasteiger partial charge in [-0.15, -0.1) is 0 Å². The molecule has 1 rings (SSSR count). The second-order valence-electron chi connectivity index (χ2n) is 3.83. The Morgan fingerprint density at radius 2 is 2.08 bits per heavy atom. The largest absolute Gasteiger partial charge is 0.389 e. The summed E-state index contributed by atoms with van der Waals surface area (Å²) < 4.78 is 35.6. The molecular formula is C8H14F3NO. The van der Waals surface area contributed by atoms with Crippen molar-refractivity contribution in [2.45, 2.75) is 31.0 Å². The van der Waals surface area contributed by atoms with Crippen LogP contribution in [-0.4, -0.2) is 41.9 Å². The van der Waals surface area contributed by atoms with E-state index in [-0.39, 0.29) is 6.42 Å². The van der Waals surface area contributed by atoms with E-state index in [9.17, 15) is 18.3 Å². The fourth-order valence-corrected chi connectivity index (χ4v) is 1.64. The van der Waals surface area contributed by atoms with Crippen LogP contribution in [0.1, 0.15) is 19.3 Å². The minimum atomic E-state index is -4.16. The topological polar surface area (TPSA) is 23.5 Å². The molecule has 1 N–H and O–H groups in total. The Hall–Kier alpha value is -0.290. The van der Waals surface area contributed by atoms with Gasteiger partial charge >= 0.3 is 6.18 Å². The number of β-amino-alcohol motifs (C(OH)–C–C–N with tert-alkyl or cyclic N) is 1. The van der Waals surface area contributed by atoms with E-state index < -0.39 is 18.2 Å². The van der Waals surface area contributed by atoms with Crippen molar-refractivity contribution >= 4 is 0 Å². The molecule has 5 heteroatoms. The maximum atomic E-state index is 11.9. The Labute approximate surface area is 75.3 Å². The van der Waals surface area contributed by atoms with Gasteiger partial charge in [0.1, 0.15) is 0 Å². The summed E-state index contributed by atoms with van der Waals surface area (Å²) in [6.07, 6.45) is -4.78. The SMILES string of the molecule is CN1CCC(O)(CCC(F)(F)F)C1. The molecule has 0 amide bonds. The van der Waals surface area contributed by atoms with E-state index in [2.05, 4.69) is 0 Å². The standard InChI is InChI=1S/C8H14F3NO/c1-12-5-4-7(13,6-12)2-3-8(9,10)11/h13H,2-6H2,1H3. The number of halogens is 3. The van der Waals surface area contributed by atoms with Crippen molar-refractivity contribution < 1.29 is 18.3 Å². The third-order valence-electron chi connectivity index (χ3n) is 2.40. The molecule has 0 aromatic heterocycles. The Kier molecular flexibility index (Phi) is 2.87. The molecule has 0 spiro atoms. The number of hydrogen-bond acceptors (Lipinski definition) is 2. The zero-order valence-electron chi connectivity index (χ0n) is 7.56.